The zero-order chi connectivity index (χ0) is 62.2. The van der Waals surface area contributed by atoms with E-state index >= 15 is 0 Å². The zero-order valence-corrected chi connectivity index (χ0v) is 51.7. The van der Waals surface area contributed by atoms with E-state index < -0.39 is 0 Å². The van der Waals surface area contributed by atoms with Crippen LogP contribution in [0.4, 0.5) is 17.1 Å². The third-order valence-electron chi connectivity index (χ3n) is 20.3. The first-order valence-corrected chi connectivity index (χ1v) is 32.8. The van der Waals surface area contributed by atoms with Crippen molar-refractivity contribution >= 4 is 116 Å². The summed E-state index contributed by atoms with van der Waals surface area (Å²) in [6.07, 6.45) is 0. The summed E-state index contributed by atoms with van der Waals surface area (Å²) in [6.45, 7) is -0.222. The first kappa shape index (κ1) is 53.2. The number of rotatable bonds is 8. The van der Waals surface area contributed by atoms with Gasteiger partial charge in [-0.25, -0.2) is 0 Å². The minimum Gasteiger partial charge on any atom is -0.458 e. The van der Waals surface area contributed by atoms with E-state index in [1.54, 1.807) is 0 Å². The van der Waals surface area contributed by atoms with Crippen LogP contribution in [0, 0.1) is 0 Å². The molecule has 0 saturated carbocycles. The molecule has 440 valence electrons. The number of anilines is 3. The Labute approximate surface area is 549 Å². The van der Waals surface area contributed by atoms with Crippen molar-refractivity contribution in [3.63, 3.8) is 0 Å². The standard InChI is InChI=1S/C90H56BN3O/c1-3-23-58(24-4-1)67-39-22-40-68(59-25-5-2-6-26-59)90(67)94-83-53-62(88-75-36-11-9-34-73(75)87(74-35-10-12-37-76(74)88)61-47-45-60(46-48-61)66-38-21-28-57-27-7-8-29-65(57)66)49-51-77(83)91-78-52-50-63(92-79-41-17-13-30-69(79)70-31-14-18-42-80(70)92)55-85(78)95-86-56-64(54-84(94)89(86)91)93-81-43-19-15-32-71(81)72-33-16-20-44-82(72)93/h1-56H. The predicted molar refractivity (Wildman–Crippen MR) is 401 cm³/mol. The number of benzene rings is 16. The molecule has 0 aliphatic carbocycles. The third-order valence-corrected chi connectivity index (χ3v) is 20.3. The Balaban J connectivity index is 0.874. The Kier molecular flexibility index (Phi) is 11.8. The number of hydrogen-bond donors (Lipinski definition) is 0. The van der Waals surface area contributed by atoms with Crippen molar-refractivity contribution in [1.82, 2.24) is 9.13 Å². The molecular formula is C90H56BN3O. The van der Waals surface area contributed by atoms with Crippen molar-refractivity contribution in [2.24, 2.45) is 0 Å². The van der Waals surface area contributed by atoms with Crippen molar-refractivity contribution in [3.8, 4) is 78.5 Å². The lowest BCUT2D eigenvalue weighted by Crippen LogP contribution is -2.59. The lowest BCUT2D eigenvalue weighted by Gasteiger charge is -2.42. The Morgan fingerprint density at radius 1 is 0.253 bits per heavy atom. The van der Waals surface area contributed by atoms with Gasteiger partial charge in [-0.1, -0.05) is 285 Å². The highest BCUT2D eigenvalue weighted by molar-refractivity contribution is 6.99. The summed E-state index contributed by atoms with van der Waals surface area (Å²) in [4.78, 5) is 2.62. The molecule has 0 unspecified atom stereocenters. The van der Waals surface area contributed by atoms with Gasteiger partial charge < -0.3 is 18.8 Å². The minimum absolute atomic E-state index is 0.222. The van der Waals surface area contributed by atoms with E-state index in [2.05, 4.69) is 354 Å². The van der Waals surface area contributed by atoms with Gasteiger partial charge >= 0.3 is 0 Å². The number of fused-ring (bicyclic) bond motifs is 13. The summed E-state index contributed by atoms with van der Waals surface area (Å²) < 4.78 is 12.6. The van der Waals surface area contributed by atoms with Crippen molar-refractivity contribution in [2.75, 3.05) is 4.90 Å². The Hall–Kier alpha value is -12.4. The van der Waals surface area contributed by atoms with Crippen molar-refractivity contribution in [2.45, 2.75) is 0 Å². The summed E-state index contributed by atoms with van der Waals surface area (Å²) in [5.41, 5.74) is 25.0. The lowest BCUT2D eigenvalue weighted by atomic mass is 9.34. The van der Waals surface area contributed by atoms with Crippen LogP contribution in [-0.4, -0.2) is 15.8 Å². The molecule has 2 aliphatic rings. The fraction of sp³-hybridized carbons (Fsp3) is 0. The van der Waals surface area contributed by atoms with Crippen molar-refractivity contribution in [3.05, 3.63) is 340 Å². The fourth-order valence-electron chi connectivity index (χ4n) is 16.3. The van der Waals surface area contributed by atoms with Gasteiger partial charge in [0.05, 0.1) is 33.4 Å². The summed E-state index contributed by atoms with van der Waals surface area (Å²) in [5.74, 6) is 1.66. The molecule has 95 heavy (non-hydrogen) atoms. The fourth-order valence-corrected chi connectivity index (χ4v) is 16.3. The van der Waals surface area contributed by atoms with Crippen LogP contribution in [0.3, 0.4) is 0 Å². The van der Waals surface area contributed by atoms with E-state index in [0.29, 0.717) is 0 Å². The summed E-state index contributed by atoms with van der Waals surface area (Å²) in [6, 6.07) is 126. The first-order chi connectivity index (χ1) is 47.2. The third kappa shape index (κ3) is 8.09. The SMILES string of the molecule is c1ccc(-c2cccc(-c3ccccc3)c2N2c3cc(-c4c5ccccc5c(-c5ccc(-c6cccc7ccccc67)cc5)c5ccccc45)ccc3B3c4ccc(-n5c6ccccc6c6ccccc65)cc4Oc4cc(-n5c6ccccc6c6ccccc65)cc2c43)cc1. The van der Waals surface area contributed by atoms with Gasteiger partial charge in [-0.3, -0.25) is 0 Å². The molecule has 0 saturated heterocycles. The van der Waals surface area contributed by atoms with Crippen LogP contribution in [0.15, 0.2) is 340 Å². The molecule has 16 aromatic carbocycles. The number of ether oxygens (including phenoxy) is 1. The number of hydrogen-bond acceptors (Lipinski definition) is 2. The average molecular weight is 1210 g/mol. The summed E-state index contributed by atoms with van der Waals surface area (Å²) >= 11 is 0. The molecule has 4 heterocycles. The molecule has 0 amide bonds. The van der Waals surface area contributed by atoms with Crippen LogP contribution in [-0.2, 0) is 0 Å². The van der Waals surface area contributed by atoms with Crippen LogP contribution in [0.1, 0.15) is 0 Å². The molecule has 0 N–H and O–H groups in total. The minimum atomic E-state index is -0.222. The summed E-state index contributed by atoms with van der Waals surface area (Å²) in [5, 5.41) is 12.1. The van der Waals surface area contributed by atoms with Crippen LogP contribution in [0.2, 0.25) is 0 Å². The molecule has 2 aromatic heterocycles. The molecule has 4 nitrogen and oxygen atoms in total. The smallest absolute Gasteiger partial charge is 0.256 e. The van der Waals surface area contributed by atoms with Gasteiger partial charge in [0.15, 0.2) is 0 Å². The van der Waals surface area contributed by atoms with E-state index in [9.17, 15) is 0 Å². The molecule has 0 radical (unpaired) electrons. The summed E-state index contributed by atoms with van der Waals surface area (Å²) in [7, 11) is 0. The Morgan fingerprint density at radius 2 is 0.663 bits per heavy atom. The Morgan fingerprint density at radius 3 is 1.23 bits per heavy atom. The quantitative estimate of drug-likeness (QED) is 0.112. The highest BCUT2D eigenvalue weighted by Crippen LogP contribution is 2.52. The first-order valence-electron chi connectivity index (χ1n) is 32.8. The normalized spacial score (nSPS) is 12.5. The maximum absolute atomic E-state index is 7.71. The second kappa shape index (κ2) is 21.1. The highest BCUT2D eigenvalue weighted by Gasteiger charge is 2.44. The monoisotopic (exact) mass is 1210 g/mol. The second-order valence-corrected chi connectivity index (χ2v) is 25.4. The Bertz CT molecular complexity index is 5980. The van der Waals surface area contributed by atoms with Crippen LogP contribution in [0.25, 0.3) is 143 Å². The molecule has 0 fully saturated rings. The second-order valence-electron chi connectivity index (χ2n) is 25.4. The maximum atomic E-state index is 7.71. The van der Waals surface area contributed by atoms with Gasteiger partial charge in [0.1, 0.15) is 11.5 Å². The number of aromatic nitrogens is 2. The number of para-hydroxylation sites is 5. The molecule has 0 spiro atoms. The van der Waals surface area contributed by atoms with Gasteiger partial charge in [0.2, 0.25) is 0 Å². The number of nitrogens with zero attached hydrogens (tertiary/aromatic N) is 3. The molecule has 0 bridgehead atoms. The van der Waals surface area contributed by atoms with Gasteiger partial charge in [0.25, 0.3) is 6.71 Å². The predicted octanol–water partition coefficient (Wildman–Crippen LogP) is 22.1. The van der Waals surface area contributed by atoms with E-state index in [0.717, 1.165) is 101 Å². The largest absolute Gasteiger partial charge is 0.458 e. The van der Waals surface area contributed by atoms with Gasteiger partial charge in [-0.05, 0) is 136 Å². The maximum Gasteiger partial charge on any atom is 0.256 e. The molecule has 0 atom stereocenters. The lowest BCUT2D eigenvalue weighted by molar-refractivity contribution is 0.487. The van der Waals surface area contributed by atoms with E-state index in [-0.39, 0.29) is 6.71 Å². The van der Waals surface area contributed by atoms with E-state index in [4.69, 9.17) is 4.74 Å². The molecule has 18 aromatic rings. The van der Waals surface area contributed by atoms with Crippen LogP contribution >= 0.6 is 0 Å². The van der Waals surface area contributed by atoms with E-state index in [1.165, 1.54) is 87.1 Å². The van der Waals surface area contributed by atoms with Crippen LogP contribution in [0.5, 0.6) is 11.5 Å². The molecule has 20 rings (SSSR count). The highest BCUT2D eigenvalue weighted by atomic mass is 16.5. The zero-order valence-electron chi connectivity index (χ0n) is 51.7. The van der Waals surface area contributed by atoms with Crippen molar-refractivity contribution in [1.29, 1.82) is 0 Å². The van der Waals surface area contributed by atoms with Crippen molar-refractivity contribution < 1.29 is 4.74 Å². The van der Waals surface area contributed by atoms with Gasteiger partial charge in [-0.15, -0.1) is 0 Å². The molecule has 2 aliphatic heterocycles. The van der Waals surface area contributed by atoms with Crippen LogP contribution < -0.4 is 26.0 Å². The topological polar surface area (TPSA) is 22.3 Å². The van der Waals surface area contributed by atoms with Gasteiger partial charge in [-0.2, -0.15) is 0 Å². The molecule has 5 heteroatoms. The van der Waals surface area contributed by atoms with Gasteiger partial charge in [0, 0.05) is 61.9 Å². The molecular weight excluding hydrogens is 1150 g/mol. The average Bonchev–Trinajstić information content (AvgIpc) is 1.17. The van der Waals surface area contributed by atoms with E-state index in [1.807, 2.05) is 0 Å².